The van der Waals surface area contributed by atoms with Gasteiger partial charge in [-0.2, -0.15) is 0 Å². The van der Waals surface area contributed by atoms with E-state index in [1.54, 1.807) is 25.2 Å². The molecule has 0 aliphatic heterocycles. The summed E-state index contributed by atoms with van der Waals surface area (Å²) in [6.45, 7) is 3.43. The Labute approximate surface area is 179 Å². The third-order valence-electron chi connectivity index (χ3n) is 4.31. The zero-order valence-electron chi connectivity index (χ0n) is 16.5. The first-order valence-electron chi connectivity index (χ1n) is 9.42. The number of carbonyl (C=O) groups excluding carboxylic acids is 1. The molecule has 0 atom stereocenters. The summed E-state index contributed by atoms with van der Waals surface area (Å²) in [5, 5.41) is 6.20. The van der Waals surface area contributed by atoms with E-state index in [2.05, 4.69) is 20.6 Å². The predicted octanol–water partition coefficient (Wildman–Crippen LogP) is 2.55. The second-order valence-electron chi connectivity index (χ2n) is 6.72. The Morgan fingerprint density at radius 1 is 1.30 bits per heavy atom. The largest absolute Gasteiger partial charge is 0.474 e. The summed E-state index contributed by atoms with van der Waals surface area (Å²) in [6, 6.07) is 3.89. The molecule has 152 valence electrons. The van der Waals surface area contributed by atoms with E-state index in [1.807, 2.05) is 19.1 Å². The molecule has 0 bridgehead atoms. The van der Waals surface area contributed by atoms with Crippen LogP contribution in [0.15, 0.2) is 23.3 Å². The lowest BCUT2D eigenvalue weighted by atomic mass is 9.98. The minimum absolute atomic E-state index is 0. The van der Waals surface area contributed by atoms with Crippen LogP contribution in [0.4, 0.5) is 0 Å². The topological polar surface area (TPSA) is 78.9 Å². The van der Waals surface area contributed by atoms with Gasteiger partial charge in [0.1, 0.15) is 6.10 Å². The number of aliphatic imine (C=N–C) groups is 1. The standard InChI is InChI=1S/C19H31N5O2.HI/c1-4-20-19(23-14-18(25)24(2)3)22-13-15-10-11-21-17(12-15)26-16-8-6-5-7-9-16;/h10-12,16H,4-9,13-14H2,1-3H3,(H2,20,22,23);1H. The summed E-state index contributed by atoms with van der Waals surface area (Å²) < 4.78 is 6.01. The molecule has 1 aromatic heterocycles. The number of amides is 1. The Hall–Kier alpha value is -1.58. The maximum absolute atomic E-state index is 11.7. The minimum Gasteiger partial charge on any atom is -0.474 e. The molecule has 0 aromatic carbocycles. The van der Waals surface area contributed by atoms with Crippen LogP contribution in [0.25, 0.3) is 0 Å². The van der Waals surface area contributed by atoms with Crippen molar-refractivity contribution in [2.75, 3.05) is 27.2 Å². The van der Waals surface area contributed by atoms with Crippen LogP contribution in [0, 0.1) is 0 Å². The van der Waals surface area contributed by atoms with Gasteiger partial charge >= 0.3 is 0 Å². The van der Waals surface area contributed by atoms with E-state index >= 15 is 0 Å². The molecular weight excluding hydrogens is 457 g/mol. The normalized spacial score (nSPS) is 14.9. The SMILES string of the molecule is CCNC(=NCc1ccnc(OC2CCCCC2)c1)NCC(=O)N(C)C.I. The molecule has 2 rings (SSSR count). The predicted molar refractivity (Wildman–Crippen MR) is 119 cm³/mol. The number of halogens is 1. The van der Waals surface area contributed by atoms with E-state index in [0.717, 1.165) is 24.9 Å². The molecule has 1 saturated carbocycles. The molecule has 27 heavy (non-hydrogen) atoms. The smallest absolute Gasteiger partial charge is 0.241 e. The number of carbonyl (C=O) groups is 1. The molecule has 1 amide bonds. The van der Waals surface area contributed by atoms with Crippen LogP contribution in [-0.2, 0) is 11.3 Å². The number of nitrogens with zero attached hydrogens (tertiary/aromatic N) is 3. The van der Waals surface area contributed by atoms with Gasteiger partial charge in [-0.05, 0) is 44.2 Å². The van der Waals surface area contributed by atoms with E-state index < -0.39 is 0 Å². The number of aromatic nitrogens is 1. The van der Waals surface area contributed by atoms with Crippen molar-refractivity contribution in [3.05, 3.63) is 23.9 Å². The molecule has 1 aliphatic rings. The maximum atomic E-state index is 11.7. The van der Waals surface area contributed by atoms with Crippen molar-refractivity contribution in [1.82, 2.24) is 20.5 Å². The van der Waals surface area contributed by atoms with Crippen molar-refractivity contribution in [2.45, 2.75) is 51.7 Å². The number of pyridine rings is 1. The summed E-state index contributed by atoms with van der Waals surface area (Å²) >= 11 is 0. The lowest BCUT2D eigenvalue weighted by molar-refractivity contribution is -0.127. The van der Waals surface area contributed by atoms with Crippen LogP contribution in [0.3, 0.4) is 0 Å². The molecule has 8 heteroatoms. The molecule has 0 saturated heterocycles. The minimum atomic E-state index is 0. The molecule has 1 fully saturated rings. The maximum Gasteiger partial charge on any atom is 0.241 e. The Bertz CT molecular complexity index is 604. The fourth-order valence-electron chi connectivity index (χ4n) is 2.80. The van der Waals surface area contributed by atoms with Gasteiger partial charge < -0.3 is 20.3 Å². The van der Waals surface area contributed by atoms with E-state index in [9.17, 15) is 4.79 Å². The van der Waals surface area contributed by atoms with Gasteiger partial charge in [-0.15, -0.1) is 24.0 Å². The highest BCUT2D eigenvalue weighted by Gasteiger charge is 2.15. The second-order valence-corrected chi connectivity index (χ2v) is 6.72. The molecule has 1 aliphatic carbocycles. The zero-order valence-corrected chi connectivity index (χ0v) is 18.9. The van der Waals surface area contributed by atoms with Crippen LogP contribution in [0.1, 0.15) is 44.6 Å². The summed E-state index contributed by atoms with van der Waals surface area (Å²) in [5.41, 5.74) is 1.03. The van der Waals surface area contributed by atoms with Gasteiger partial charge in [0.25, 0.3) is 0 Å². The first-order chi connectivity index (χ1) is 12.6. The molecule has 7 nitrogen and oxygen atoms in total. The first kappa shape index (κ1) is 23.5. The van der Waals surface area contributed by atoms with Gasteiger partial charge in [-0.25, -0.2) is 9.98 Å². The summed E-state index contributed by atoms with van der Waals surface area (Å²) in [5.74, 6) is 1.29. The van der Waals surface area contributed by atoms with Crippen molar-refractivity contribution >= 4 is 35.8 Å². The fourth-order valence-corrected chi connectivity index (χ4v) is 2.80. The highest BCUT2D eigenvalue weighted by molar-refractivity contribution is 14.0. The van der Waals surface area contributed by atoms with Gasteiger partial charge in [0.15, 0.2) is 5.96 Å². The van der Waals surface area contributed by atoms with Crippen molar-refractivity contribution in [2.24, 2.45) is 4.99 Å². The Morgan fingerprint density at radius 3 is 2.70 bits per heavy atom. The van der Waals surface area contributed by atoms with Crippen molar-refractivity contribution < 1.29 is 9.53 Å². The number of hydrogen-bond donors (Lipinski definition) is 2. The average Bonchev–Trinajstić information content (AvgIpc) is 2.65. The van der Waals surface area contributed by atoms with Crippen molar-refractivity contribution in [1.29, 1.82) is 0 Å². The lowest BCUT2D eigenvalue weighted by Crippen LogP contribution is -2.42. The van der Waals surface area contributed by atoms with Gasteiger partial charge in [0.2, 0.25) is 11.8 Å². The molecule has 2 N–H and O–H groups in total. The van der Waals surface area contributed by atoms with E-state index in [-0.39, 0.29) is 42.5 Å². The van der Waals surface area contributed by atoms with E-state index in [4.69, 9.17) is 4.74 Å². The number of ether oxygens (including phenoxy) is 1. The molecule has 0 radical (unpaired) electrons. The summed E-state index contributed by atoms with van der Waals surface area (Å²) in [4.78, 5) is 22.1. The van der Waals surface area contributed by atoms with Crippen molar-refractivity contribution in [3.63, 3.8) is 0 Å². The first-order valence-corrected chi connectivity index (χ1v) is 9.42. The Morgan fingerprint density at radius 2 is 2.04 bits per heavy atom. The fraction of sp³-hybridized carbons (Fsp3) is 0.632. The zero-order chi connectivity index (χ0) is 18.8. The van der Waals surface area contributed by atoms with Crippen LogP contribution >= 0.6 is 24.0 Å². The van der Waals surface area contributed by atoms with Crippen molar-refractivity contribution in [3.8, 4) is 5.88 Å². The molecule has 1 heterocycles. The highest BCUT2D eigenvalue weighted by atomic mass is 127. The van der Waals surface area contributed by atoms with Crippen LogP contribution < -0.4 is 15.4 Å². The number of rotatable bonds is 7. The average molecular weight is 489 g/mol. The Kier molecular flexibility index (Phi) is 11.1. The van der Waals surface area contributed by atoms with Crippen LogP contribution in [0.2, 0.25) is 0 Å². The molecular formula is C19H32IN5O2. The van der Waals surface area contributed by atoms with E-state index in [0.29, 0.717) is 18.4 Å². The quantitative estimate of drug-likeness (QED) is 0.350. The molecule has 0 spiro atoms. The number of nitrogens with one attached hydrogen (secondary N) is 2. The van der Waals surface area contributed by atoms with Crippen LogP contribution in [0.5, 0.6) is 5.88 Å². The number of guanidine groups is 1. The lowest BCUT2D eigenvalue weighted by Gasteiger charge is -2.22. The van der Waals surface area contributed by atoms with E-state index in [1.165, 1.54) is 19.3 Å². The monoisotopic (exact) mass is 489 g/mol. The summed E-state index contributed by atoms with van der Waals surface area (Å²) in [6.07, 6.45) is 8.04. The Balaban J connectivity index is 0.00000364. The molecule has 1 aromatic rings. The van der Waals surface area contributed by atoms with Gasteiger partial charge in [0.05, 0.1) is 13.1 Å². The third kappa shape index (κ3) is 8.77. The summed E-state index contributed by atoms with van der Waals surface area (Å²) in [7, 11) is 3.47. The van der Waals surface area contributed by atoms with Gasteiger partial charge in [-0.3, -0.25) is 4.79 Å². The van der Waals surface area contributed by atoms with Gasteiger partial charge in [-0.1, -0.05) is 6.42 Å². The van der Waals surface area contributed by atoms with Crippen LogP contribution in [-0.4, -0.2) is 55.0 Å². The van der Waals surface area contributed by atoms with Gasteiger partial charge in [0, 0.05) is 32.9 Å². The number of likely N-dealkylation sites (N-methyl/N-ethyl adjacent to an activating group) is 1. The highest BCUT2D eigenvalue weighted by Crippen LogP contribution is 2.22. The second kappa shape index (κ2) is 12.7. The molecule has 0 unspecified atom stereocenters. The third-order valence-corrected chi connectivity index (χ3v) is 4.31. The number of hydrogen-bond acceptors (Lipinski definition) is 4.